The van der Waals surface area contributed by atoms with E-state index in [1.54, 1.807) is 5.38 Å². The molecule has 25 heavy (non-hydrogen) atoms. The Kier molecular flexibility index (Phi) is 5.20. The topological polar surface area (TPSA) is 68.3 Å². The summed E-state index contributed by atoms with van der Waals surface area (Å²) in [5.41, 5.74) is 5.25. The number of carbonyl (C=O) groups excluding carboxylic acids is 2. The largest absolute Gasteiger partial charge is 0.404 e. The number of nitrogens with zero attached hydrogens (tertiary/aromatic N) is 1. The highest BCUT2D eigenvalue weighted by atomic mass is 32.1. The lowest BCUT2D eigenvalue weighted by Crippen LogP contribution is -2.33. The highest BCUT2D eigenvalue weighted by Crippen LogP contribution is 2.37. The normalized spacial score (nSPS) is 10.3. The predicted octanol–water partition coefficient (Wildman–Crippen LogP) is 3.34. The van der Waals surface area contributed by atoms with Crippen LogP contribution in [0.5, 0.6) is 5.19 Å². The van der Waals surface area contributed by atoms with Crippen LogP contribution in [0, 0.1) is 6.92 Å². The van der Waals surface area contributed by atoms with Crippen molar-refractivity contribution >= 4 is 23.2 Å². The number of rotatable bonds is 3. The van der Waals surface area contributed by atoms with Crippen molar-refractivity contribution in [2.24, 2.45) is 0 Å². The number of aromatic nitrogens is 1. The van der Waals surface area contributed by atoms with Gasteiger partial charge in [0.15, 0.2) is 0 Å². The summed E-state index contributed by atoms with van der Waals surface area (Å²) in [4.78, 5) is 26.6. The van der Waals surface area contributed by atoms with Gasteiger partial charge < -0.3 is 10.1 Å². The van der Waals surface area contributed by atoms with Crippen LogP contribution >= 0.6 is 11.3 Å². The lowest BCUT2D eigenvalue weighted by atomic mass is 10.2. The first-order valence-corrected chi connectivity index (χ1v) is 8.56. The number of carbonyl (C=O) groups is 2. The Morgan fingerprint density at radius 3 is 2.48 bits per heavy atom. The number of amides is 1. The molecular formula is C19H16N2O3S. The second-order valence-corrected chi connectivity index (χ2v) is 6.24. The van der Waals surface area contributed by atoms with Gasteiger partial charge in [0.05, 0.1) is 0 Å². The molecule has 2 aliphatic carbocycles. The van der Waals surface area contributed by atoms with E-state index in [4.69, 9.17) is 4.74 Å². The molecule has 126 valence electrons. The summed E-state index contributed by atoms with van der Waals surface area (Å²) in [5, 5.41) is 4.29. The van der Waals surface area contributed by atoms with Crippen molar-refractivity contribution in [2.45, 2.75) is 13.5 Å². The van der Waals surface area contributed by atoms with E-state index >= 15 is 0 Å². The van der Waals surface area contributed by atoms with Crippen LogP contribution in [0.3, 0.4) is 0 Å². The van der Waals surface area contributed by atoms with Gasteiger partial charge in [-0.3, -0.25) is 4.79 Å². The Morgan fingerprint density at radius 2 is 1.96 bits per heavy atom. The molecule has 2 aromatic rings. The molecule has 1 aromatic carbocycles. The van der Waals surface area contributed by atoms with Crippen LogP contribution in [0.15, 0.2) is 60.1 Å². The summed E-state index contributed by atoms with van der Waals surface area (Å²) in [6.45, 7) is 2.43. The van der Waals surface area contributed by atoms with Crippen molar-refractivity contribution in [3.8, 4) is 16.3 Å². The van der Waals surface area contributed by atoms with Crippen molar-refractivity contribution < 1.29 is 14.3 Å². The zero-order valence-electron chi connectivity index (χ0n) is 13.6. The summed E-state index contributed by atoms with van der Waals surface area (Å²) in [6, 6.07) is 15.8. The van der Waals surface area contributed by atoms with Crippen molar-refractivity contribution in [2.75, 3.05) is 0 Å². The maximum atomic E-state index is 11.4. The number of nitrogens with one attached hydrogen (secondary N) is 1. The van der Waals surface area contributed by atoms with Gasteiger partial charge in [-0.15, -0.1) is 0 Å². The van der Waals surface area contributed by atoms with Crippen LogP contribution < -0.4 is 10.1 Å². The van der Waals surface area contributed by atoms with E-state index in [2.05, 4.69) is 35.4 Å². The van der Waals surface area contributed by atoms with E-state index in [0.717, 1.165) is 16.9 Å². The maximum absolute atomic E-state index is 11.4. The number of aryl methyl sites for hydroxylation is 1. The fourth-order valence-corrected chi connectivity index (χ4v) is 2.62. The molecule has 5 nitrogen and oxygen atoms in total. The van der Waals surface area contributed by atoms with Gasteiger partial charge in [0.2, 0.25) is 0 Å². The van der Waals surface area contributed by atoms with Crippen LogP contribution in [0.25, 0.3) is 11.1 Å². The molecule has 1 amide bonds. The molecule has 0 saturated heterocycles. The molecule has 0 radical (unpaired) electrons. The highest BCUT2D eigenvalue weighted by Gasteiger charge is 2.16. The van der Waals surface area contributed by atoms with E-state index in [1.807, 2.05) is 30.3 Å². The fourth-order valence-electron chi connectivity index (χ4n) is 2.14. The zero-order valence-corrected chi connectivity index (χ0v) is 14.4. The average Bonchev–Trinajstić information content (AvgIpc) is 3.07. The highest BCUT2D eigenvalue weighted by molar-refractivity contribution is 7.11. The van der Waals surface area contributed by atoms with Gasteiger partial charge in [-0.25, -0.2) is 9.78 Å². The first kappa shape index (κ1) is 16.9. The van der Waals surface area contributed by atoms with E-state index in [1.165, 1.54) is 22.9 Å². The van der Waals surface area contributed by atoms with E-state index in [0.29, 0.717) is 0 Å². The number of hydrogen-bond donors (Lipinski definition) is 1. The van der Waals surface area contributed by atoms with Gasteiger partial charge in [0, 0.05) is 18.1 Å². The minimum absolute atomic E-state index is 0.162. The third kappa shape index (κ3) is 4.74. The summed E-state index contributed by atoms with van der Waals surface area (Å²) in [6.07, 6.45) is 1.50. The molecule has 1 N–H and O–H groups in total. The Labute approximate surface area is 149 Å². The number of esters is 1. The van der Waals surface area contributed by atoms with Gasteiger partial charge >= 0.3 is 11.9 Å². The summed E-state index contributed by atoms with van der Waals surface area (Å²) >= 11 is 1.15. The van der Waals surface area contributed by atoms with Gasteiger partial charge in [0.25, 0.3) is 5.19 Å². The molecule has 0 unspecified atom stereocenters. The van der Waals surface area contributed by atoms with Crippen LogP contribution in [-0.2, 0) is 16.1 Å². The quantitative estimate of drug-likeness (QED) is 0.454. The molecule has 0 aliphatic heterocycles. The van der Waals surface area contributed by atoms with Crippen LogP contribution in [0.2, 0.25) is 0 Å². The summed E-state index contributed by atoms with van der Waals surface area (Å²) in [7, 11) is 0. The smallest absolute Gasteiger partial charge is 0.391 e. The monoisotopic (exact) mass is 352 g/mol. The van der Waals surface area contributed by atoms with E-state index in [9.17, 15) is 9.59 Å². The predicted molar refractivity (Wildman–Crippen MR) is 96.2 cm³/mol. The molecule has 2 aliphatic rings. The van der Waals surface area contributed by atoms with Crippen molar-refractivity contribution in [3.63, 3.8) is 0 Å². The molecule has 0 spiro atoms. The maximum Gasteiger partial charge on any atom is 0.404 e. The minimum Gasteiger partial charge on any atom is -0.391 e. The lowest BCUT2D eigenvalue weighted by Gasteiger charge is -2.03. The lowest BCUT2D eigenvalue weighted by molar-refractivity contribution is -0.148. The Bertz CT molecular complexity index is 877. The molecule has 0 atom stereocenters. The van der Waals surface area contributed by atoms with E-state index in [-0.39, 0.29) is 11.7 Å². The van der Waals surface area contributed by atoms with Crippen LogP contribution in [-0.4, -0.2) is 16.9 Å². The third-order valence-corrected chi connectivity index (χ3v) is 4.18. The van der Waals surface area contributed by atoms with Gasteiger partial charge in [-0.05, 0) is 35.2 Å². The zero-order chi connectivity index (χ0) is 17.6. The SMILES string of the molecule is Cc1ccc2cc1-2.O=C(NCc1ccccc1)C(=O)Oc1nccs1. The first-order valence-electron chi connectivity index (χ1n) is 7.68. The number of ether oxygens (including phenoxy) is 1. The third-order valence-electron chi connectivity index (χ3n) is 3.54. The molecule has 1 heterocycles. The summed E-state index contributed by atoms with van der Waals surface area (Å²) < 4.78 is 4.76. The second kappa shape index (κ2) is 7.72. The standard InChI is InChI=1S/C12H10N2O3S.C7H6/c15-10(11(16)17-12-13-6-7-18-12)14-8-9-4-2-1-3-5-9;1-5-2-3-6-4-7(5)6/h1-7H,8H2,(H,14,15);2-4H,1H3. The minimum atomic E-state index is -0.958. The molecule has 4 rings (SSSR count). The van der Waals surface area contributed by atoms with Crippen molar-refractivity contribution in [3.05, 3.63) is 71.2 Å². The van der Waals surface area contributed by atoms with Gasteiger partial charge in [-0.1, -0.05) is 53.8 Å². The number of benzene rings is 2. The molecule has 6 heteroatoms. The van der Waals surface area contributed by atoms with E-state index < -0.39 is 11.9 Å². The van der Waals surface area contributed by atoms with Gasteiger partial charge in [0.1, 0.15) is 0 Å². The Hall–Kier alpha value is -2.99. The molecular weight excluding hydrogens is 336 g/mol. The fraction of sp³-hybridized carbons (Fsp3) is 0.105. The molecule has 0 bridgehead atoms. The molecule has 0 fully saturated rings. The second-order valence-electron chi connectivity index (χ2n) is 5.39. The first-order chi connectivity index (χ1) is 12.1. The molecule has 0 saturated carbocycles. The molecule has 1 aromatic heterocycles. The van der Waals surface area contributed by atoms with Crippen molar-refractivity contribution in [1.82, 2.24) is 10.3 Å². The van der Waals surface area contributed by atoms with Crippen LogP contribution in [0.4, 0.5) is 0 Å². The average molecular weight is 352 g/mol. The van der Waals surface area contributed by atoms with Gasteiger partial charge in [-0.2, -0.15) is 0 Å². The van der Waals surface area contributed by atoms with Crippen molar-refractivity contribution in [1.29, 1.82) is 0 Å². The summed E-state index contributed by atoms with van der Waals surface area (Å²) in [5.74, 6) is -1.74. The number of hydrogen-bond acceptors (Lipinski definition) is 5. The Balaban J connectivity index is 0.000000213. The van der Waals surface area contributed by atoms with Crippen LogP contribution in [0.1, 0.15) is 11.1 Å². The number of fused-ring (bicyclic) bond motifs is 1. The Morgan fingerprint density at radius 1 is 1.16 bits per heavy atom. The number of thiazole rings is 1.